The van der Waals surface area contributed by atoms with Crippen LogP contribution in [0.25, 0.3) is 0 Å². The van der Waals surface area contributed by atoms with Gasteiger partial charge in [-0.1, -0.05) is 27.2 Å². The first-order chi connectivity index (χ1) is 6.95. The molecule has 1 fully saturated rings. The summed E-state index contributed by atoms with van der Waals surface area (Å²) >= 11 is 0. The lowest BCUT2D eigenvalue weighted by molar-refractivity contribution is 0.121. The first-order valence-electron chi connectivity index (χ1n) is 6.43. The number of nitrogens with zero attached hydrogens (tertiary/aromatic N) is 1. The molecule has 2 nitrogen and oxygen atoms in total. The predicted molar refractivity (Wildman–Crippen MR) is 66.9 cm³/mol. The summed E-state index contributed by atoms with van der Waals surface area (Å²) in [5.41, 5.74) is 6.26. The predicted octanol–water partition coefficient (Wildman–Crippen LogP) is 2.48. The van der Waals surface area contributed by atoms with Gasteiger partial charge in [0.05, 0.1) is 0 Å². The van der Waals surface area contributed by atoms with Gasteiger partial charge in [-0.05, 0) is 37.6 Å². The van der Waals surface area contributed by atoms with Crippen LogP contribution in [-0.4, -0.2) is 30.6 Å². The maximum atomic E-state index is 6.02. The summed E-state index contributed by atoms with van der Waals surface area (Å²) in [6.45, 7) is 12.5. The molecule has 0 aromatic carbocycles. The molecule has 0 bridgehead atoms. The Balaban J connectivity index is 2.37. The van der Waals surface area contributed by atoms with Gasteiger partial charge in [0.2, 0.25) is 0 Å². The third-order valence-electron chi connectivity index (χ3n) is 4.05. The minimum atomic E-state index is 0.236. The summed E-state index contributed by atoms with van der Waals surface area (Å²) in [4.78, 5) is 2.58. The summed E-state index contributed by atoms with van der Waals surface area (Å²) in [7, 11) is 0. The van der Waals surface area contributed by atoms with E-state index in [4.69, 9.17) is 5.73 Å². The van der Waals surface area contributed by atoms with Crippen molar-refractivity contribution >= 4 is 0 Å². The van der Waals surface area contributed by atoms with Crippen molar-refractivity contribution in [1.82, 2.24) is 4.90 Å². The van der Waals surface area contributed by atoms with Gasteiger partial charge in [0, 0.05) is 19.1 Å². The molecule has 2 N–H and O–H groups in total. The fourth-order valence-electron chi connectivity index (χ4n) is 2.07. The summed E-state index contributed by atoms with van der Waals surface area (Å²) < 4.78 is 0. The maximum Gasteiger partial charge on any atom is 0.00739 e. The van der Waals surface area contributed by atoms with E-state index in [9.17, 15) is 0 Å². The van der Waals surface area contributed by atoms with E-state index in [1.165, 1.54) is 25.8 Å². The fourth-order valence-corrected chi connectivity index (χ4v) is 2.07. The highest BCUT2D eigenvalue weighted by molar-refractivity contribution is 4.83. The molecule has 0 radical (unpaired) electrons. The van der Waals surface area contributed by atoms with Crippen molar-refractivity contribution in [3.8, 4) is 0 Å². The van der Waals surface area contributed by atoms with Gasteiger partial charge in [-0.15, -0.1) is 0 Å². The molecule has 0 aromatic heterocycles. The van der Waals surface area contributed by atoms with Gasteiger partial charge in [-0.3, -0.25) is 0 Å². The van der Waals surface area contributed by atoms with Crippen LogP contribution in [0.3, 0.4) is 0 Å². The molecule has 0 saturated heterocycles. The van der Waals surface area contributed by atoms with Gasteiger partial charge < -0.3 is 10.6 Å². The summed E-state index contributed by atoms with van der Waals surface area (Å²) in [5.74, 6) is 0.967. The monoisotopic (exact) mass is 212 g/mol. The van der Waals surface area contributed by atoms with Gasteiger partial charge in [0.1, 0.15) is 0 Å². The molecule has 0 heterocycles. The van der Waals surface area contributed by atoms with Crippen LogP contribution < -0.4 is 5.73 Å². The maximum absolute atomic E-state index is 6.02. The second kappa shape index (κ2) is 5.31. The van der Waals surface area contributed by atoms with Crippen LogP contribution in [-0.2, 0) is 0 Å². The van der Waals surface area contributed by atoms with E-state index in [-0.39, 0.29) is 11.5 Å². The molecule has 0 amide bonds. The Labute approximate surface area is 95.2 Å². The highest BCUT2D eigenvalue weighted by Crippen LogP contribution is 2.28. The smallest absolute Gasteiger partial charge is 0.00739 e. The van der Waals surface area contributed by atoms with Crippen LogP contribution in [0.5, 0.6) is 0 Å². The quantitative estimate of drug-likeness (QED) is 0.733. The van der Waals surface area contributed by atoms with Gasteiger partial charge in [-0.2, -0.15) is 0 Å². The summed E-state index contributed by atoms with van der Waals surface area (Å²) in [6.07, 6.45) is 4.32. The highest BCUT2D eigenvalue weighted by atomic mass is 15.1. The summed E-state index contributed by atoms with van der Waals surface area (Å²) in [6, 6.07) is 0.271. The first kappa shape index (κ1) is 13.0. The van der Waals surface area contributed by atoms with Crippen molar-refractivity contribution in [3.63, 3.8) is 0 Å². The number of nitrogens with two attached hydrogens (primary N) is 1. The van der Waals surface area contributed by atoms with Crippen LogP contribution in [0.4, 0.5) is 0 Å². The van der Waals surface area contributed by atoms with E-state index in [1.54, 1.807) is 0 Å². The molecule has 1 aliphatic rings. The van der Waals surface area contributed by atoms with E-state index in [2.05, 4.69) is 32.6 Å². The zero-order valence-corrected chi connectivity index (χ0v) is 10.9. The molecular formula is C13H28N2. The molecular weight excluding hydrogens is 184 g/mol. The minimum absolute atomic E-state index is 0.236. The average molecular weight is 212 g/mol. The topological polar surface area (TPSA) is 29.3 Å². The first-order valence-corrected chi connectivity index (χ1v) is 6.43. The Morgan fingerprint density at radius 3 is 2.33 bits per heavy atom. The molecule has 1 saturated carbocycles. The molecule has 1 rings (SSSR count). The van der Waals surface area contributed by atoms with Crippen molar-refractivity contribution in [2.45, 2.75) is 53.0 Å². The Morgan fingerprint density at radius 1 is 1.40 bits per heavy atom. The standard InChI is InChI=1S/C13H28N2/c1-5-15(9-12-7-6-8-12)10-13(3,4)11(2)14/h11-12H,5-10,14H2,1-4H3. The van der Waals surface area contributed by atoms with Crippen LogP contribution in [0, 0.1) is 11.3 Å². The molecule has 0 aliphatic heterocycles. The molecule has 90 valence electrons. The van der Waals surface area contributed by atoms with Crippen molar-refractivity contribution < 1.29 is 0 Å². The zero-order chi connectivity index (χ0) is 11.5. The molecule has 2 heteroatoms. The van der Waals surface area contributed by atoms with Crippen molar-refractivity contribution in [2.75, 3.05) is 19.6 Å². The lowest BCUT2D eigenvalue weighted by Crippen LogP contribution is -2.46. The minimum Gasteiger partial charge on any atom is -0.327 e. The third-order valence-corrected chi connectivity index (χ3v) is 4.05. The van der Waals surface area contributed by atoms with E-state index in [1.807, 2.05) is 0 Å². The van der Waals surface area contributed by atoms with E-state index >= 15 is 0 Å². The van der Waals surface area contributed by atoms with Crippen LogP contribution in [0.2, 0.25) is 0 Å². The van der Waals surface area contributed by atoms with E-state index in [0.29, 0.717) is 0 Å². The Bertz CT molecular complexity index is 183. The van der Waals surface area contributed by atoms with Crippen LogP contribution in [0.1, 0.15) is 47.0 Å². The normalized spacial score (nSPS) is 20.4. The van der Waals surface area contributed by atoms with Gasteiger partial charge in [-0.25, -0.2) is 0 Å². The number of hydrogen-bond donors (Lipinski definition) is 1. The van der Waals surface area contributed by atoms with Crippen molar-refractivity contribution in [2.24, 2.45) is 17.1 Å². The van der Waals surface area contributed by atoms with Crippen LogP contribution >= 0.6 is 0 Å². The summed E-state index contributed by atoms with van der Waals surface area (Å²) in [5, 5.41) is 0. The number of rotatable bonds is 6. The SMILES string of the molecule is CCN(CC1CCC1)CC(C)(C)C(C)N. The largest absolute Gasteiger partial charge is 0.327 e. The second-order valence-electron chi connectivity index (χ2n) is 5.90. The Kier molecular flexibility index (Phi) is 4.60. The van der Waals surface area contributed by atoms with Gasteiger partial charge in [0.15, 0.2) is 0 Å². The van der Waals surface area contributed by atoms with Gasteiger partial charge >= 0.3 is 0 Å². The molecule has 0 spiro atoms. The highest BCUT2D eigenvalue weighted by Gasteiger charge is 2.27. The van der Waals surface area contributed by atoms with E-state index in [0.717, 1.165) is 19.0 Å². The molecule has 1 atom stereocenters. The third kappa shape index (κ3) is 3.76. The van der Waals surface area contributed by atoms with Crippen LogP contribution in [0.15, 0.2) is 0 Å². The molecule has 1 aliphatic carbocycles. The molecule has 0 aromatic rings. The second-order valence-corrected chi connectivity index (χ2v) is 5.90. The Morgan fingerprint density at radius 2 is 2.00 bits per heavy atom. The average Bonchev–Trinajstić information content (AvgIpc) is 2.08. The lowest BCUT2D eigenvalue weighted by atomic mass is 9.82. The molecule has 1 unspecified atom stereocenters. The van der Waals surface area contributed by atoms with Crippen molar-refractivity contribution in [1.29, 1.82) is 0 Å². The lowest BCUT2D eigenvalue weighted by Gasteiger charge is -2.38. The Hall–Kier alpha value is -0.0800. The van der Waals surface area contributed by atoms with E-state index < -0.39 is 0 Å². The van der Waals surface area contributed by atoms with Gasteiger partial charge in [0.25, 0.3) is 0 Å². The zero-order valence-electron chi connectivity index (χ0n) is 10.9. The molecule has 15 heavy (non-hydrogen) atoms. The number of hydrogen-bond acceptors (Lipinski definition) is 2. The van der Waals surface area contributed by atoms with Crippen molar-refractivity contribution in [3.05, 3.63) is 0 Å². The fraction of sp³-hybridized carbons (Fsp3) is 1.00.